The first-order valence-corrected chi connectivity index (χ1v) is 7.36. The average Bonchev–Trinajstić information content (AvgIpc) is 3.00. The highest BCUT2D eigenvalue weighted by Crippen LogP contribution is 2.33. The second-order valence-electron chi connectivity index (χ2n) is 5.42. The number of hydrogen-bond donors (Lipinski definition) is 0. The summed E-state index contributed by atoms with van der Waals surface area (Å²) in [6.45, 7) is 4.45. The molecule has 114 valence electrons. The molecule has 0 bridgehead atoms. The van der Waals surface area contributed by atoms with Crippen LogP contribution in [0.15, 0.2) is 48.5 Å². The summed E-state index contributed by atoms with van der Waals surface area (Å²) in [6, 6.07) is 15.9. The fraction of sp³-hybridized carbons (Fsp3) is 0.278. The molecule has 0 radical (unpaired) electrons. The monoisotopic (exact) mass is 297 g/mol. The third-order valence-electron chi connectivity index (χ3n) is 3.94. The zero-order valence-corrected chi connectivity index (χ0v) is 12.8. The number of hydrogen-bond acceptors (Lipinski definition) is 3. The van der Waals surface area contributed by atoms with Gasteiger partial charge in [0.1, 0.15) is 0 Å². The number of carbonyl (C=O) groups excluding carboxylic acids is 1. The minimum atomic E-state index is 0.0177. The van der Waals surface area contributed by atoms with Crippen LogP contribution in [0.1, 0.15) is 31.0 Å². The fourth-order valence-electron chi connectivity index (χ4n) is 2.67. The molecule has 1 atom stereocenters. The predicted molar refractivity (Wildman–Crippen MR) is 83.6 cm³/mol. The molecule has 0 saturated carbocycles. The second-order valence-corrected chi connectivity index (χ2v) is 5.42. The van der Waals surface area contributed by atoms with Gasteiger partial charge < -0.3 is 14.4 Å². The molecule has 0 fully saturated rings. The molecule has 22 heavy (non-hydrogen) atoms. The first-order valence-electron chi connectivity index (χ1n) is 7.36. The van der Waals surface area contributed by atoms with Gasteiger partial charge in [0.2, 0.25) is 12.7 Å². The van der Waals surface area contributed by atoms with Crippen LogP contribution in [0.5, 0.6) is 11.5 Å². The molecule has 4 nitrogen and oxygen atoms in total. The van der Waals surface area contributed by atoms with E-state index in [9.17, 15) is 4.79 Å². The lowest BCUT2D eigenvalue weighted by Gasteiger charge is -2.28. The van der Waals surface area contributed by atoms with E-state index in [0.29, 0.717) is 6.54 Å². The lowest BCUT2D eigenvalue weighted by molar-refractivity contribution is -0.131. The van der Waals surface area contributed by atoms with Gasteiger partial charge >= 0.3 is 0 Å². The van der Waals surface area contributed by atoms with Gasteiger partial charge in [0.05, 0.1) is 6.04 Å². The van der Waals surface area contributed by atoms with Gasteiger partial charge in [0.15, 0.2) is 11.5 Å². The van der Waals surface area contributed by atoms with E-state index in [1.54, 1.807) is 6.92 Å². The van der Waals surface area contributed by atoms with Crippen LogP contribution >= 0.6 is 0 Å². The van der Waals surface area contributed by atoms with Crippen molar-refractivity contribution in [1.82, 2.24) is 4.90 Å². The molecule has 1 heterocycles. The van der Waals surface area contributed by atoms with E-state index in [2.05, 4.69) is 0 Å². The van der Waals surface area contributed by atoms with Gasteiger partial charge in [-0.15, -0.1) is 0 Å². The van der Waals surface area contributed by atoms with Crippen molar-refractivity contribution >= 4 is 5.91 Å². The Labute approximate surface area is 130 Å². The maximum Gasteiger partial charge on any atom is 0.231 e. The van der Waals surface area contributed by atoms with E-state index in [-0.39, 0.29) is 18.7 Å². The van der Waals surface area contributed by atoms with Gasteiger partial charge in [-0.25, -0.2) is 0 Å². The van der Waals surface area contributed by atoms with Crippen molar-refractivity contribution in [3.8, 4) is 11.5 Å². The van der Waals surface area contributed by atoms with Crippen molar-refractivity contribution in [2.24, 2.45) is 0 Å². The summed E-state index contributed by atoms with van der Waals surface area (Å²) < 4.78 is 10.7. The van der Waals surface area contributed by atoms with Gasteiger partial charge in [-0.2, -0.15) is 0 Å². The molecule has 2 aromatic rings. The van der Waals surface area contributed by atoms with E-state index in [1.165, 1.54) is 0 Å². The van der Waals surface area contributed by atoms with E-state index in [0.717, 1.165) is 22.6 Å². The maximum atomic E-state index is 12.1. The van der Waals surface area contributed by atoms with Crippen LogP contribution in [0, 0.1) is 0 Å². The third-order valence-corrected chi connectivity index (χ3v) is 3.94. The van der Waals surface area contributed by atoms with Crippen LogP contribution in [0.4, 0.5) is 0 Å². The third kappa shape index (κ3) is 2.91. The van der Waals surface area contributed by atoms with Gasteiger partial charge in [-0.1, -0.05) is 36.4 Å². The number of rotatable bonds is 4. The van der Waals surface area contributed by atoms with Crippen molar-refractivity contribution in [3.05, 3.63) is 59.7 Å². The highest BCUT2D eigenvalue weighted by atomic mass is 16.7. The fourth-order valence-corrected chi connectivity index (χ4v) is 2.67. The van der Waals surface area contributed by atoms with Gasteiger partial charge in [-0.05, 0) is 30.2 Å². The molecule has 0 aromatic heterocycles. The van der Waals surface area contributed by atoms with Gasteiger partial charge in [0, 0.05) is 13.5 Å². The molecule has 0 N–H and O–H groups in total. The molecule has 0 aliphatic carbocycles. The number of benzene rings is 2. The Balaban J connectivity index is 1.81. The zero-order chi connectivity index (χ0) is 15.5. The van der Waals surface area contributed by atoms with Crippen LogP contribution in [0.2, 0.25) is 0 Å². The minimum Gasteiger partial charge on any atom is -0.454 e. The standard InChI is InChI=1S/C18H19NO3/c1-13(16-6-4-3-5-7-16)19(14(2)20)11-15-8-9-17-18(10-15)22-12-21-17/h3-10,13H,11-12H2,1-2H3/t13-/m1/s1. The molecule has 3 rings (SSSR count). The van der Waals surface area contributed by atoms with Crippen molar-refractivity contribution in [2.45, 2.75) is 26.4 Å². The van der Waals surface area contributed by atoms with Gasteiger partial charge in [-0.3, -0.25) is 4.79 Å². The number of carbonyl (C=O) groups is 1. The highest BCUT2D eigenvalue weighted by molar-refractivity contribution is 5.73. The largest absolute Gasteiger partial charge is 0.454 e. The summed E-state index contributed by atoms with van der Waals surface area (Å²) in [6.07, 6.45) is 0. The Hall–Kier alpha value is -2.49. The lowest BCUT2D eigenvalue weighted by Crippen LogP contribution is -2.31. The number of amides is 1. The average molecular weight is 297 g/mol. The van der Waals surface area contributed by atoms with Crippen LogP contribution in [0.25, 0.3) is 0 Å². The Morgan fingerprint density at radius 2 is 1.86 bits per heavy atom. The number of fused-ring (bicyclic) bond motifs is 1. The summed E-state index contributed by atoms with van der Waals surface area (Å²) >= 11 is 0. The Morgan fingerprint density at radius 3 is 2.59 bits per heavy atom. The maximum absolute atomic E-state index is 12.1. The summed E-state index contributed by atoms with van der Waals surface area (Å²) in [4.78, 5) is 13.9. The first-order chi connectivity index (χ1) is 10.6. The van der Waals surface area contributed by atoms with E-state index >= 15 is 0 Å². The SMILES string of the molecule is CC(=O)N(Cc1ccc2c(c1)OCO2)[C@H](C)c1ccccc1. The Kier molecular flexibility index (Phi) is 4.00. The van der Waals surface area contributed by atoms with E-state index in [4.69, 9.17) is 9.47 Å². The van der Waals surface area contributed by atoms with Crippen molar-refractivity contribution < 1.29 is 14.3 Å². The molecule has 0 unspecified atom stereocenters. The summed E-state index contributed by atoms with van der Waals surface area (Å²) in [5, 5.41) is 0. The summed E-state index contributed by atoms with van der Waals surface area (Å²) in [7, 11) is 0. The number of ether oxygens (including phenoxy) is 2. The summed E-state index contributed by atoms with van der Waals surface area (Å²) in [5.74, 6) is 1.55. The molecule has 1 amide bonds. The Morgan fingerprint density at radius 1 is 1.14 bits per heavy atom. The van der Waals surface area contributed by atoms with E-state index in [1.807, 2.05) is 60.4 Å². The van der Waals surface area contributed by atoms with Crippen LogP contribution in [0.3, 0.4) is 0 Å². The molecular formula is C18H19NO3. The Bertz CT molecular complexity index is 669. The molecule has 0 spiro atoms. The first kappa shape index (κ1) is 14.4. The quantitative estimate of drug-likeness (QED) is 0.866. The van der Waals surface area contributed by atoms with Crippen LogP contribution < -0.4 is 9.47 Å². The molecule has 0 saturated heterocycles. The van der Waals surface area contributed by atoms with Crippen LogP contribution in [-0.4, -0.2) is 17.6 Å². The second kappa shape index (κ2) is 6.10. The van der Waals surface area contributed by atoms with E-state index < -0.39 is 0 Å². The normalized spacial score (nSPS) is 13.7. The molecule has 1 aliphatic rings. The zero-order valence-electron chi connectivity index (χ0n) is 12.8. The lowest BCUT2D eigenvalue weighted by atomic mass is 10.1. The molecule has 2 aromatic carbocycles. The van der Waals surface area contributed by atoms with Crippen LogP contribution in [-0.2, 0) is 11.3 Å². The molecule has 1 aliphatic heterocycles. The van der Waals surface area contributed by atoms with Gasteiger partial charge in [0.25, 0.3) is 0 Å². The summed E-state index contributed by atoms with van der Waals surface area (Å²) in [5.41, 5.74) is 2.15. The van der Waals surface area contributed by atoms with Crippen molar-refractivity contribution in [1.29, 1.82) is 0 Å². The molecular weight excluding hydrogens is 278 g/mol. The molecule has 4 heteroatoms. The minimum absolute atomic E-state index is 0.0177. The number of nitrogens with zero attached hydrogens (tertiary/aromatic N) is 1. The van der Waals surface area contributed by atoms with Crippen molar-refractivity contribution in [3.63, 3.8) is 0 Å². The smallest absolute Gasteiger partial charge is 0.231 e. The van der Waals surface area contributed by atoms with Crippen molar-refractivity contribution in [2.75, 3.05) is 6.79 Å². The highest BCUT2D eigenvalue weighted by Gasteiger charge is 2.20. The predicted octanol–water partition coefficient (Wildman–Crippen LogP) is 3.53. The topological polar surface area (TPSA) is 38.8 Å².